The highest BCUT2D eigenvalue weighted by Crippen LogP contribution is 2.21. The van der Waals surface area contributed by atoms with E-state index in [1.54, 1.807) is 24.7 Å². The van der Waals surface area contributed by atoms with Crippen molar-refractivity contribution in [3.05, 3.63) is 96.6 Å². The summed E-state index contributed by atoms with van der Waals surface area (Å²) in [7, 11) is 0. The molecule has 4 aromatic rings. The molecule has 138 valence electrons. The molecule has 2 heterocycles. The number of hydrogen-bond acceptors (Lipinski definition) is 4. The Morgan fingerprint density at radius 1 is 0.857 bits per heavy atom. The first kappa shape index (κ1) is 17.7. The molecule has 1 N–H and O–H groups in total. The van der Waals surface area contributed by atoms with Gasteiger partial charge in [-0.2, -0.15) is 0 Å². The van der Waals surface area contributed by atoms with E-state index in [0.29, 0.717) is 30.1 Å². The van der Waals surface area contributed by atoms with Crippen molar-refractivity contribution < 1.29 is 9.21 Å². The maximum atomic E-state index is 12.4. The lowest BCUT2D eigenvalue weighted by Gasteiger charge is -2.08. The summed E-state index contributed by atoms with van der Waals surface area (Å²) in [5.41, 5.74) is 4.56. The number of nitrogens with one attached hydrogen (secondary N) is 1. The average molecular weight is 369 g/mol. The Kier molecular flexibility index (Phi) is 5.24. The van der Waals surface area contributed by atoms with Gasteiger partial charge in [0.15, 0.2) is 5.76 Å². The molecular formula is C23H19N3O2. The maximum absolute atomic E-state index is 12.4. The van der Waals surface area contributed by atoms with E-state index in [0.717, 1.165) is 16.7 Å². The van der Waals surface area contributed by atoms with Crippen molar-refractivity contribution in [2.75, 3.05) is 0 Å². The van der Waals surface area contributed by atoms with Crippen LogP contribution in [0.2, 0.25) is 0 Å². The summed E-state index contributed by atoms with van der Waals surface area (Å²) >= 11 is 0. The minimum atomic E-state index is -0.0662. The van der Waals surface area contributed by atoms with E-state index in [4.69, 9.17) is 4.42 Å². The second kappa shape index (κ2) is 8.31. The van der Waals surface area contributed by atoms with Crippen LogP contribution in [-0.4, -0.2) is 15.9 Å². The van der Waals surface area contributed by atoms with Gasteiger partial charge in [0.05, 0.1) is 24.9 Å². The number of benzene rings is 2. The van der Waals surface area contributed by atoms with Gasteiger partial charge in [-0.15, -0.1) is 0 Å². The first-order valence-electron chi connectivity index (χ1n) is 9.04. The first-order valence-corrected chi connectivity index (χ1v) is 9.04. The summed E-state index contributed by atoms with van der Waals surface area (Å²) in [6.07, 6.45) is 5.12. The molecule has 0 saturated carbocycles. The molecule has 0 aliphatic heterocycles. The standard InChI is InChI=1S/C23H19N3O2/c27-22(15-17-8-10-19(11-9-17)18-5-2-1-3-6-18)26-16-20-23(25-13-12-24-20)21-7-4-14-28-21/h1-14H,15-16H2,(H,26,27). The van der Waals surface area contributed by atoms with Crippen LogP contribution in [0, 0.1) is 0 Å². The molecule has 0 fully saturated rings. The third kappa shape index (κ3) is 4.15. The molecule has 0 saturated heterocycles. The summed E-state index contributed by atoms with van der Waals surface area (Å²) < 4.78 is 5.40. The van der Waals surface area contributed by atoms with Gasteiger partial charge < -0.3 is 9.73 Å². The minimum absolute atomic E-state index is 0.0662. The van der Waals surface area contributed by atoms with Crippen LogP contribution < -0.4 is 5.32 Å². The molecule has 4 rings (SSSR count). The smallest absolute Gasteiger partial charge is 0.224 e. The summed E-state index contributed by atoms with van der Waals surface area (Å²) in [4.78, 5) is 21.0. The minimum Gasteiger partial charge on any atom is -0.463 e. The van der Waals surface area contributed by atoms with Crippen LogP contribution in [0.5, 0.6) is 0 Å². The highest BCUT2D eigenvalue weighted by molar-refractivity contribution is 5.79. The molecule has 5 nitrogen and oxygen atoms in total. The van der Waals surface area contributed by atoms with Crippen LogP contribution in [-0.2, 0) is 17.8 Å². The molecule has 0 aliphatic rings. The number of nitrogens with zero attached hydrogens (tertiary/aromatic N) is 2. The number of furan rings is 1. The number of rotatable bonds is 6. The Morgan fingerprint density at radius 3 is 2.36 bits per heavy atom. The van der Waals surface area contributed by atoms with Crippen LogP contribution in [0.25, 0.3) is 22.6 Å². The molecule has 2 aromatic heterocycles. The lowest BCUT2D eigenvalue weighted by atomic mass is 10.0. The summed E-state index contributed by atoms with van der Waals surface area (Å²) in [5.74, 6) is 0.567. The predicted octanol–water partition coefficient (Wildman–Crippen LogP) is 4.26. The zero-order valence-electron chi connectivity index (χ0n) is 15.2. The Balaban J connectivity index is 1.38. The molecule has 0 radical (unpaired) electrons. The van der Waals surface area contributed by atoms with E-state index >= 15 is 0 Å². The summed E-state index contributed by atoms with van der Waals surface area (Å²) in [6, 6.07) is 21.8. The van der Waals surface area contributed by atoms with E-state index in [1.165, 1.54) is 0 Å². The van der Waals surface area contributed by atoms with Crippen LogP contribution in [0.4, 0.5) is 0 Å². The SMILES string of the molecule is O=C(Cc1ccc(-c2ccccc2)cc1)NCc1nccnc1-c1ccco1. The van der Waals surface area contributed by atoms with E-state index in [1.807, 2.05) is 48.5 Å². The molecular weight excluding hydrogens is 350 g/mol. The van der Waals surface area contributed by atoms with Gasteiger partial charge >= 0.3 is 0 Å². The third-order valence-corrected chi connectivity index (χ3v) is 4.41. The molecule has 0 bridgehead atoms. The number of hydrogen-bond donors (Lipinski definition) is 1. The van der Waals surface area contributed by atoms with Crippen LogP contribution in [0.3, 0.4) is 0 Å². The van der Waals surface area contributed by atoms with Crippen LogP contribution >= 0.6 is 0 Å². The monoisotopic (exact) mass is 369 g/mol. The third-order valence-electron chi connectivity index (χ3n) is 4.41. The van der Waals surface area contributed by atoms with Gasteiger partial charge in [0, 0.05) is 12.4 Å². The second-order valence-corrected chi connectivity index (χ2v) is 6.35. The Labute approximate surface area is 163 Å². The first-order chi connectivity index (χ1) is 13.8. The molecule has 0 atom stereocenters. The Morgan fingerprint density at radius 2 is 1.61 bits per heavy atom. The molecule has 28 heavy (non-hydrogen) atoms. The van der Waals surface area contributed by atoms with Crippen molar-refractivity contribution >= 4 is 5.91 Å². The van der Waals surface area contributed by atoms with Gasteiger partial charge in [0.25, 0.3) is 0 Å². The molecule has 5 heteroatoms. The molecule has 0 unspecified atom stereocenters. The Bertz CT molecular complexity index is 1040. The highest BCUT2D eigenvalue weighted by Gasteiger charge is 2.12. The molecule has 0 spiro atoms. The molecule has 0 aliphatic carbocycles. The van der Waals surface area contributed by atoms with Crippen LogP contribution in [0.1, 0.15) is 11.3 Å². The Hall–Kier alpha value is -3.73. The van der Waals surface area contributed by atoms with Crippen molar-refractivity contribution in [1.82, 2.24) is 15.3 Å². The lowest BCUT2D eigenvalue weighted by Crippen LogP contribution is -2.25. The average Bonchev–Trinajstić information content (AvgIpc) is 3.28. The van der Waals surface area contributed by atoms with Crippen molar-refractivity contribution in [2.45, 2.75) is 13.0 Å². The van der Waals surface area contributed by atoms with E-state index < -0.39 is 0 Å². The van der Waals surface area contributed by atoms with Gasteiger partial charge in [-0.1, -0.05) is 54.6 Å². The second-order valence-electron chi connectivity index (χ2n) is 6.35. The van der Waals surface area contributed by atoms with Crippen LogP contribution in [0.15, 0.2) is 89.8 Å². The zero-order valence-corrected chi connectivity index (χ0v) is 15.2. The van der Waals surface area contributed by atoms with E-state index in [9.17, 15) is 4.79 Å². The van der Waals surface area contributed by atoms with Crippen molar-refractivity contribution in [3.8, 4) is 22.6 Å². The van der Waals surface area contributed by atoms with Gasteiger partial charge in [-0.3, -0.25) is 9.78 Å². The summed E-state index contributed by atoms with van der Waals surface area (Å²) in [6.45, 7) is 0.296. The largest absolute Gasteiger partial charge is 0.463 e. The van der Waals surface area contributed by atoms with Gasteiger partial charge in [0.2, 0.25) is 5.91 Å². The van der Waals surface area contributed by atoms with Crippen molar-refractivity contribution in [2.24, 2.45) is 0 Å². The lowest BCUT2D eigenvalue weighted by molar-refractivity contribution is -0.120. The maximum Gasteiger partial charge on any atom is 0.224 e. The quantitative estimate of drug-likeness (QED) is 0.551. The fraction of sp³-hybridized carbons (Fsp3) is 0.0870. The van der Waals surface area contributed by atoms with Crippen molar-refractivity contribution in [3.63, 3.8) is 0 Å². The number of carbonyl (C=O) groups excluding carboxylic acids is 1. The highest BCUT2D eigenvalue weighted by atomic mass is 16.3. The van der Waals surface area contributed by atoms with Gasteiger partial charge in [-0.05, 0) is 28.8 Å². The fourth-order valence-corrected chi connectivity index (χ4v) is 2.99. The topological polar surface area (TPSA) is 68.0 Å². The molecule has 2 aromatic carbocycles. The normalized spacial score (nSPS) is 10.6. The summed E-state index contributed by atoms with van der Waals surface area (Å²) in [5, 5.41) is 2.91. The van der Waals surface area contributed by atoms with E-state index in [2.05, 4.69) is 27.4 Å². The number of amides is 1. The van der Waals surface area contributed by atoms with Gasteiger partial charge in [0.1, 0.15) is 5.69 Å². The van der Waals surface area contributed by atoms with Gasteiger partial charge in [-0.25, -0.2) is 4.98 Å². The fourth-order valence-electron chi connectivity index (χ4n) is 2.99. The van der Waals surface area contributed by atoms with E-state index in [-0.39, 0.29) is 5.91 Å². The number of carbonyl (C=O) groups is 1. The molecule has 1 amide bonds. The number of aromatic nitrogens is 2. The zero-order chi connectivity index (χ0) is 19.2. The predicted molar refractivity (Wildman–Crippen MR) is 107 cm³/mol. The van der Waals surface area contributed by atoms with Crippen molar-refractivity contribution in [1.29, 1.82) is 0 Å².